The molecule has 1 amide bonds. The normalized spacial score (nSPS) is 17.4. The van der Waals surface area contributed by atoms with Crippen LogP contribution in [0.2, 0.25) is 0 Å². The number of carbonyl (C=O) groups excluding carboxylic acids is 1. The van der Waals surface area contributed by atoms with Gasteiger partial charge in [0.2, 0.25) is 11.8 Å². The molecule has 0 spiro atoms. The number of carbonyl (C=O) groups is 1. The molecule has 0 saturated carbocycles. The van der Waals surface area contributed by atoms with E-state index in [0.717, 1.165) is 37.3 Å². The molecule has 1 N–H and O–H groups in total. The minimum Gasteiger partial charge on any atom is -0.439 e. The number of piperidine rings is 1. The minimum atomic E-state index is -0.0902. The Labute approximate surface area is 148 Å². The Morgan fingerprint density at radius 3 is 2.84 bits per heavy atom. The number of likely N-dealkylation sites (tertiary alicyclic amines) is 1. The van der Waals surface area contributed by atoms with Gasteiger partial charge in [-0.05, 0) is 45.4 Å². The highest BCUT2D eigenvalue weighted by molar-refractivity contribution is 5.78. The predicted molar refractivity (Wildman–Crippen MR) is 95.5 cm³/mol. The van der Waals surface area contributed by atoms with Crippen LogP contribution in [0, 0.1) is 6.92 Å². The average molecular weight is 340 g/mol. The number of hydrogen-bond donors (Lipinski definition) is 1. The van der Waals surface area contributed by atoms with Crippen molar-refractivity contribution >= 4 is 5.91 Å². The third-order valence-electron chi connectivity index (χ3n) is 4.26. The van der Waals surface area contributed by atoms with Crippen molar-refractivity contribution in [2.75, 3.05) is 20.1 Å². The molecule has 0 unspecified atom stereocenters. The number of amides is 1. The summed E-state index contributed by atoms with van der Waals surface area (Å²) in [6, 6.07) is 11.3. The maximum absolute atomic E-state index is 12.4. The number of aromatic nitrogens is 2. The third-order valence-corrected chi connectivity index (χ3v) is 4.26. The van der Waals surface area contributed by atoms with E-state index in [1.165, 1.54) is 0 Å². The summed E-state index contributed by atoms with van der Waals surface area (Å²) in [4.78, 5) is 23.5. The topological polar surface area (TPSA) is 67.4 Å². The minimum absolute atomic E-state index is 0.0860. The molecule has 1 atom stereocenters. The van der Waals surface area contributed by atoms with E-state index in [2.05, 4.69) is 15.3 Å². The van der Waals surface area contributed by atoms with Gasteiger partial charge in [-0.1, -0.05) is 18.2 Å². The van der Waals surface area contributed by atoms with Gasteiger partial charge in [0, 0.05) is 18.3 Å². The van der Waals surface area contributed by atoms with E-state index in [4.69, 9.17) is 4.74 Å². The number of ether oxygens (including phenoxy) is 1. The van der Waals surface area contributed by atoms with E-state index in [9.17, 15) is 4.79 Å². The summed E-state index contributed by atoms with van der Waals surface area (Å²) < 4.78 is 5.87. The van der Waals surface area contributed by atoms with Gasteiger partial charge in [0.15, 0.2) is 5.82 Å². The van der Waals surface area contributed by atoms with Crippen molar-refractivity contribution in [3.8, 4) is 11.6 Å². The number of hydrogen-bond acceptors (Lipinski definition) is 5. The third kappa shape index (κ3) is 4.33. The zero-order chi connectivity index (χ0) is 17.6. The summed E-state index contributed by atoms with van der Waals surface area (Å²) in [5, 5.41) is 2.94. The molecule has 0 bridgehead atoms. The fourth-order valence-electron chi connectivity index (χ4n) is 3.12. The molecule has 2 heterocycles. The average Bonchev–Trinajstić information content (AvgIpc) is 2.62. The second-order valence-corrected chi connectivity index (χ2v) is 6.25. The molecule has 0 radical (unpaired) electrons. The first-order valence-electron chi connectivity index (χ1n) is 8.70. The molecule has 1 aliphatic heterocycles. The molecule has 6 nitrogen and oxygen atoms in total. The standard InChI is InChI=1S/C19H24N4O2/c1-14-12-17(25-15-8-4-3-5-9-15)22-19(21-14)16-10-6-7-11-23(16)18(24)13-20-2/h3-5,8-9,12,16,20H,6-7,10-11,13H2,1-2H3/t16-/m0/s1. The number of nitrogens with zero attached hydrogens (tertiary/aromatic N) is 3. The quantitative estimate of drug-likeness (QED) is 0.906. The highest BCUT2D eigenvalue weighted by Gasteiger charge is 2.30. The van der Waals surface area contributed by atoms with Crippen molar-refractivity contribution in [2.45, 2.75) is 32.2 Å². The van der Waals surface area contributed by atoms with Crippen LogP contribution >= 0.6 is 0 Å². The molecule has 2 aromatic rings. The van der Waals surface area contributed by atoms with Gasteiger partial charge in [0.05, 0.1) is 12.6 Å². The summed E-state index contributed by atoms with van der Waals surface area (Å²) in [5.74, 6) is 2.00. The maximum Gasteiger partial charge on any atom is 0.237 e. The molecule has 1 aromatic carbocycles. The van der Waals surface area contributed by atoms with Crippen molar-refractivity contribution in [1.29, 1.82) is 0 Å². The van der Waals surface area contributed by atoms with E-state index in [1.54, 1.807) is 7.05 Å². The molecule has 1 aromatic heterocycles. The SMILES string of the molecule is CNCC(=O)N1CCCC[C@H]1c1nc(C)cc(Oc2ccccc2)n1. The second kappa shape index (κ2) is 8.07. The Bertz CT molecular complexity index is 721. The first-order valence-corrected chi connectivity index (χ1v) is 8.70. The van der Waals surface area contributed by atoms with Gasteiger partial charge < -0.3 is 15.0 Å². The first-order chi connectivity index (χ1) is 12.2. The fraction of sp³-hybridized carbons (Fsp3) is 0.421. The lowest BCUT2D eigenvalue weighted by molar-refractivity contribution is -0.134. The van der Waals surface area contributed by atoms with Gasteiger partial charge in [0.1, 0.15) is 5.75 Å². The monoisotopic (exact) mass is 340 g/mol. The number of nitrogens with one attached hydrogen (secondary N) is 1. The Morgan fingerprint density at radius 2 is 2.08 bits per heavy atom. The molecule has 1 saturated heterocycles. The molecular formula is C19H24N4O2. The summed E-state index contributed by atoms with van der Waals surface area (Å²) in [7, 11) is 1.78. The van der Waals surface area contributed by atoms with Crippen LogP contribution in [0.3, 0.4) is 0 Å². The van der Waals surface area contributed by atoms with Crippen LogP contribution in [0.1, 0.15) is 36.8 Å². The van der Waals surface area contributed by atoms with E-state index in [0.29, 0.717) is 18.2 Å². The maximum atomic E-state index is 12.4. The van der Waals surface area contributed by atoms with E-state index in [1.807, 2.05) is 48.2 Å². The van der Waals surface area contributed by atoms with Crippen molar-refractivity contribution in [1.82, 2.24) is 20.2 Å². The summed E-state index contributed by atoms with van der Waals surface area (Å²) in [5.41, 5.74) is 0.836. The zero-order valence-corrected chi connectivity index (χ0v) is 14.7. The summed E-state index contributed by atoms with van der Waals surface area (Å²) in [6.45, 7) is 3.00. The molecule has 132 valence electrons. The number of benzene rings is 1. The molecule has 25 heavy (non-hydrogen) atoms. The van der Waals surface area contributed by atoms with Gasteiger partial charge in [-0.2, -0.15) is 4.98 Å². The summed E-state index contributed by atoms with van der Waals surface area (Å²) >= 11 is 0. The lowest BCUT2D eigenvalue weighted by atomic mass is 10.0. The van der Waals surface area contributed by atoms with E-state index in [-0.39, 0.29) is 11.9 Å². The summed E-state index contributed by atoms with van der Waals surface area (Å²) in [6.07, 6.45) is 2.97. The molecule has 0 aliphatic carbocycles. The molecule has 1 aliphatic rings. The Morgan fingerprint density at radius 1 is 1.28 bits per heavy atom. The van der Waals surface area contributed by atoms with Crippen LogP contribution < -0.4 is 10.1 Å². The predicted octanol–water partition coefficient (Wildman–Crippen LogP) is 2.85. The Balaban J connectivity index is 1.86. The first kappa shape index (κ1) is 17.4. The highest BCUT2D eigenvalue weighted by atomic mass is 16.5. The van der Waals surface area contributed by atoms with Crippen molar-refractivity contribution < 1.29 is 9.53 Å². The van der Waals surface area contributed by atoms with Crippen LogP contribution in [-0.2, 0) is 4.79 Å². The zero-order valence-electron chi connectivity index (χ0n) is 14.7. The van der Waals surface area contributed by atoms with E-state index >= 15 is 0 Å². The molecule has 1 fully saturated rings. The molecule has 3 rings (SSSR count). The number of likely N-dealkylation sites (N-methyl/N-ethyl adjacent to an activating group) is 1. The van der Waals surface area contributed by atoms with Crippen LogP contribution in [0.15, 0.2) is 36.4 Å². The van der Waals surface area contributed by atoms with Gasteiger partial charge in [-0.3, -0.25) is 4.79 Å². The van der Waals surface area contributed by atoms with Crippen LogP contribution in [-0.4, -0.2) is 40.9 Å². The van der Waals surface area contributed by atoms with Crippen molar-refractivity contribution in [3.05, 3.63) is 47.9 Å². The van der Waals surface area contributed by atoms with Gasteiger partial charge in [-0.15, -0.1) is 0 Å². The Kier molecular flexibility index (Phi) is 5.60. The number of para-hydroxylation sites is 1. The molecular weight excluding hydrogens is 316 g/mol. The van der Waals surface area contributed by atoms with Crippen LogP contribution in [0.25, 0.3) is 0 Å². The van der Waals surface area contributed by atoms with Gasteiger partial charge in [-0.25, -0.2) is 4.98 Å². The largest absolute Gasteiger partial charge is 0.439 e. The highest BCUT2D eigenvalue weighted by Crippen LogP contribution is 2.30. The van der Waals surface area contributed by atoms with Crippen LogP contribution in [0.4, 0.5) is 0 Å². The van der Waals surface area contributed by atoms with Crippen molar-refractivity contribution in [2.24, 2.45) is 0 Å². The fourth-order valence-corrected chi connectivity index (χ4v) is 3.12. The number of aryl methyl sites for hydroxylation is 1. The molecule has 6 heteroatoms. The van der Waals surface area contributed by atoms with Gasteiger partial charge >= 0.3 is 0 Å². The lowest BCUT2D eigenvalue weighted by Crippen LogP contribution is -2.43. The van der Waals surface area contributed by atoms with E-state index < -0.39 is 0 Å². The van der Waals surface area contributed by atoms with Gasteiger partial charge in [0.25, 0.3) is 0 Å². The second-order valence-electron chi connectivity index (χ2n) is 6.25. The Hall–Kier alpha value is -2.47. The lowest BCUT2D eigenvalue weighted by Gasteiger charge is -2.35. The number of rotatable bonds is 5. The smallest absolute Gasteiger partial charge is 0.237 e. The van der Waals surface area contributed by atoms with Crippen molar-refractivity contribution in [3.63, 3.8) is 0 Å². The van der Waals surface area contributed by atoms with Crippen LogP contribution in [0.5, 0.6) is 11.6 Å².